The molecule has 1 atom stereocenters. The molecule has 2 aromatic carbocycles. The van der Waals surface area contributed by atoms with E-state index in [0.29, 0.717) is 12.1 Å². The van der Waals surface area contributed by atoms with Crippen molar-refractivity contribution in [1.29, 1.82) is 0 Å². The number of nitrogens with zero attached hydrogens (tertiary/aromatic N) is 1. The Morgan fingerprint density at radius 2 is 1.85 bits per heavy atom. The number of amides is 1. The van der Waals surface area contributed by atoms with Crippen molar-refractivity contribution < 1.29 is 13.2 Å². The number of aryl methyl sites for hydroxylation is 1. The molecule has 0 heterocycles. The van der Waals surface area contributed by atoms with Crippen LogP contribution in [-0.4, -0.2) is 27.1 Å². The average molecular weight is 439 g/mol. The Morgan fingerprint density at radius 3 is 2.38 bits per heavy atom. The molecule has 0 aliphatic carbocycles. The molecule has 7 heteroatoms. The van der Waals surface area contributed by atoms with Crippen molar-refractivity contribution in [3.8, 4) is 0 Å². The van der Waals surface area contributed by atoms with Gasteiger partial charge in [0.1, 0.15) is 6.54 Å². The van der Waals surface area contributed by atoms with Crippen LogP contribution in [0.4, 0.5) is 5.69 Å². The molecule has 0 aromatic heterocycles. The lowest BCUT2D eigenvalue weighted by atomic mass is 10.0. The van der Waals surface area contributed by atoms with Crippen LogP contribution in [0.1, 0.15) is 30.5 Å². The summed E-state index contributed by atoms with van der Waals surface area (Å²) in [6, 6.07) is 14.7. The van der Waals surface area contributed by atoms with Gasteiger partial charge in [0, 0.05) is 4.47 Å². The Hall–Kier alpha value is -1.86. The van der Waals surface area contributed by atoms with Gasteiger partial charge in [-0.05, 0) is 42.7 Å². The summed E-state index contributed by atoms with van der Waals surface area (Å²) in [4.78, 5) is 12.5. The van der Waals surface area contributed by atoms with Crippen LogP contribution in [0.15, 0.2) is 53.0 Å². The van der Waals surface area contributed by atoms with Gasteiger partial charge in [-0.15, -0.1) is 0 Å². The van der Waals surface area contributed by atoms with Gasteiger partial charge in [0.05, 0.1) is 18.0 Å². The van der Waals surface area contributed by atoms with Crippen molar-refractivity contribution in [2.24, 2.45) is 0 Å². The molecule has 2 aromatic rings. The molecule has 140 valence electrons. The van der Waals surface area contributed by atoms with Crippen LogP contribution in [0, 0.1) is 6.92 Å². The Bertz CT molecular complexity index is 870. The lowest BCUT2D eigenvalue weighted by Gasteiger charge is -2.24. The number of benzene rings is 2. The van der Waals surface area contributed by atoms with E-state index in [2.05, 4.69) is 21.2 Å². The maximum Gasteiger partial charge on any atom is 0.241 e. The van der Waals surface area contributed by atoms with Gasteiger partial charge < -0.3 is 5.32 Å². The summed E-state index contributed by atoms with van der Waals surface area (Å²) in [6.45, 7) is 3.59. The molecule has 0 fully saturated rings. The molecule has 0 saturated heterocycles. The molecule has 26 heavy (non-hydrogen) atoms. The lowest BCUT2D eigenvalue weighted by Crippen LogP contribution is -2.41. The third kappa shape index (κ3) is 5.32. The van der Waals surface area contributed by atoms with Gasteiger partial charge in [0.25, 0.3) is 0 Å². The second-order valence-electron chi connectivity index (χ2n) is 6.14. The van der Waals surface area contributed by atoms with Crippen LogP contribution in [0.5, 0.6) is 0 Å². The van der Waals surface area contributed by atoms with E-state index in [1.54, 1.807) is 18.2 Å². The van der Waals surface area contributed by atoms with Crippen molar-refractivity contribution >= 4 is 37.5 Å². The van der Waals surface area contributed by atoms with Crippen molar-refractivity contribution in [2.45, 2.75) is 26.3 Å². The third-order valence-corrected chi connectivity index (χ3v) is 6.09. The van der Waals surface area contributed by atoms with Crippen molar-refractivity contribution in [3.05, 3.63) is 64.1 Å². The predicted molar refractivity (Wildman–Crippen MR) is 109 cm³/mol. The number of anilines is 1. The molecular weight excluding hydrogens is 416 g/mol. The minimum atomic E-state index is -3.59. The Balaban J connectivity index is 2.20. The van der Waals surface area contributed by atoms with Crippen LogP contribution in [0.2, 0.25) is 0 Å². The van der Waals surface area contributed by atoms with Crippen LogP contribution >= 0.6 is 15.9 Å². The van der Waals surface area contributed by atoms with E-state index < -0.39 is 10.0 Å². The average Bonchev–Trinajstić information content (AvgIpc) is 2.60. The summed E-state index contributed by atoms with van der Waals surface area (Å²) in [5.74, 6) is -0.341. The van der Waals surface area contributed by atoms with Crippen LogP contribution in [-0.2, 0) is 14.8 Å². The second-order valence-corrected chi connectivity index (χ2v) is 8.90. The zero-order chi connectivity index (χ0) is 19.3. The van der Waals surface area contributed by atoms with E-state index in [0.717, 1.165) is 26.2 Å². The topological polar surface area (TPSA) is 66.5 Å². The van der Waals surface area contributed by atoms with Crippen molar-refractivity contribution in [3.63, 3.8) is 0 Å². The van der Waals surface area contributed by atoms with Crippen LogP contribution in [0.3, 0.4) is 0 Å². The summed E-state index contributed by atoms with van der Waals surface area (Å²) < 4.78 is 26.5. The zero-order valence-electron chi connectivity index (χ0n) is 15.1. The Labute approximate surface area is 163 Å². The van der Waals surface area contributed by atoms with E-state index in [4.69, 9.17) is 0 Å². The van der Waals surface area contributed by atoms with Gasteiger partial charge in [0.2, 0.25) is 15.9 Å². The van der Waals surface area contributed by atoms with Crippen LogP contribution in [0.25, 0.3) is 0 Å². The highest BCUT2D eigenvalue weighted by molar-refractivity contribution is 9.10. The van der Waals surface area contributed by atoms with E-state index >= 15 is 0 Å². The summed E-state index contributed by atoms with van der Waals surface area (Å²) in [5.41, 5.74) is 2.36. The number of halogens is 1. The fourth-order valence-corrected chi connectivity index (χ4v) is 3.76. The van der Waals surface area contributed by atoms with Crippen LogP contribution < -0.4 is 9.62 Å². The number of hydrogen-bond donors (Lipinski definition) is 1. The predicted octanol–water partition coefficient (Wildman–Crippen LogP) is 3.79. The summed E-state index contributed by atoms with van der Waals surface area (Å²) in [6.07, 6.45) is 1.82. The number of carbonyl (C=O) groups excluding carboxylic acids is 1. The highest BCUT2D eigenvalue weighted by Crippen LogP contribution is 2.24. The Kier molecular flexibility index (Phi) is 6.83. The minimum Gasteiger partial charge on any atom is -0.348 e. The third-order valence-electron chi connectivity index (χ3n) is 4.06. The molecule has 1 N–H and O–H groups in total. The van der Waals surface area contributed by atoms with Gasteiger partial charge in [0.15, 0.2) is 0 Å². The monoisotopic (exact) mass is 438 g/mol. The first-order chi connectivity index (χ1) is 12.2. The Morgan fingerprint density at radius 1 is 1.19 bits per heavy atom. The highest BCUT2D eigenvalue weighted by atomic mass is 79.9. The number of nitrogens with one attached hydrogen (secondary N) is 1. The molecule has 0 unspecified atom stereocenters. The first-order valence-electron chi connectivity index (χ1n) is 8.30. The molecule has 2 rings (SSSR count). The number of carbonyl (C=O) groups is 1. The van der Waals surface area contributed by atoms with Gasteiger partial charge in [-0.3, -0.25) is 9.10 Å². The van der Waals surface area contributed by atoms with E-state index in [-0.39, 0.29) is 18.5 Å². The fourth-order valence-electron chi connectivity index (χ4n) is 2.66. The molecule has 0 spiro atoms. The van der Waals surface area contributed by atoms with E-state index in [9.17, 15) is 13.2 Å². The smallest absolute Gasteiger partial charge is 0.241 e. The van der Waals surface area contributed by atoms with E-state index in [1.807, 2.05) is 44.2 Å². The summed E-state index contributed by atoms with van der Waals surface area (Å²) >= 11 is 3.40. The first kappa shape index (κ1) is 20.5. The quantitative estimate of drug-likeness (QED) is 0.714. The maximum absolute atomic E-state index is 12.5. The lowest BCUT2D eigenvalue weighted by molar-refractivity contribution is -0.120. The molecule has 5 nitrogen and oxygen atoms in total. The summed E-state index contributed by atoms with van der Waals surface area (Å²) in [5, 5.41) is 2.93. The SMILES string of the molecule is CC[C@H](NC(=O)CN(c1ccc(Br)c(C)c1)S(C)(=O)=O)c1ccccc1. The van der Waals surface area contributed by atoms with Gasteiger partial charge in [-0.2, -0.15) is 0 Å². The second kappa shape index (κ2) is 8.68. The maximum atomic E-state index is 12.5. The molecular formula is C19H23BrN2O3S. The van der Waals surface area contributed by atoms with Gasteiger partial charge in [-0.25, -0.2) is 8.42 Å². The zero-order valence-corrected chi connectivity index (χ0v) is 17.5. The molecule has 1 amide bonds. The molecule has 0 radical (unpaired) electrons. The fraction of sp³-hybridized carbons (Fsp3) is 0.316. The van der Waals surface area contributed by atoms with Gasteiger partial charge in [-0.1, -0.05) is 53.2 Å². The molecule has 0 aliphatic rings. The standard InChI is InChI=1S/C19H23BrN2O3S/c1-4-18(15-8-6-5-7-9-15)21-19(23)13-22(26(3,24)25)16-10-11-17(20)14(2)12-16/h5-12,18H,4,13H2,1-3H3,(H,21,23)/t18-/m0/s1. The largest absolute Gasteiger partial charge is 0.348 e. The number of sulfonamides is 1. The normalized spacial score (nSPS) is 12.5. The number of hydrogen-bond acceptors (Lipinski definition) is 3. The van der Waals surface area contributed by atoms with Gasteiger partial charge >= 0.3 is 0 Å². The van der Waals surface area contributed by atoms with Crippen molar-refractivity contribution in [2.75, 3.05) is 17.1 Å². The van der Waals surface area contributed by atoms with E-state index in [1.165, 1.54) is 0 Å². The molecule has 0 saturated carbocycles. The summed E-state index contributed by atoms with van der Waals surface area (Å²) in [7, 11) is -3.59. The molecule has 0 bridgehead atoms. The number of rotatable bonds is 7. The molecule has 0 aliphatic heterocycles. The first-order valence-corrected chi connectivity index (χ1v) is 10.9. The highest BCUT2D eigenvalue weighted by Gasteiger charge is 2.22. The minimum absolute atomic E-state index is 0.156. The van der Waals surface area contributed by atoms with Crippen molar-refractivity contribution in [1.82, 2.24) is 5.32 Å².